The second kappa shape index (κ2) is 7.48. The van der Waals surface area contributed by atoms with Gasteiger partial charge in [-0.05, 0) is 60.9 Å². The Morgan fingerprint density at radius 3 is 2.83 bits per heavy atom. The molecule has 1 aromatic heterocycles. The fourth-order valence-corrected chi connectivity index (χ4v) is 3.43. The molecule has 1 aromatic carbocycles. The van der Waals surface area contributed by atoms with Crippen LogP contribution in [0.4, 0.5) is 0 Å². The number of tetrazole rings is 1. The van der Waals surface area contributed by atoms with Gasteiger partial charge in [0.1, 0.15) is 5.75 Å². The molecule has 1 heterocycles. The highest BCUT2D eigenvalue weighted by atomic mass is 32.2. The molecule has 0 unspecified atom stereocenters. The molecule has 24 heavy (non-hydrogen) atoms. The number of hydrogen-bond donors (Lipinski definition) is 1. The first-order valence-corrected chi connectivity index (χ1v) is 8.87. The summed E-state index contributed by atoms with van der Waals surface area (Å²) in [6.45, 7) is 2.66. The van der Waals surface area contributed by atoms with E-state index in [-0.39, 0.29) is 17.4 Å². The summed E-state index contributed by atoms with van der Waals surface area (Å²) < 4.78 is 1.56. The van der Waals surface area contributed by atoms with Crippen molar-refractivity contribution >= 4 is 17.7 Å². The van der Waals surface area contributed by atoms with Crippen molar-refractivity contribution in [3.8, 4) is 11.4 Å². The molecule has 1 aliphatic rings. The zero-order valence-electron chi connectivity index (χ0n) is 13.4. The lowest BCUT2D eigenvalue weighted by Crippen LogP contribution is -2.31. The molecule has 1 aliphatic carbocycles. The Kier molecular flexibility index (Phi) is 5.14. The second-order valence-corrected chi connectivity index (χ2v) is 6.35. The number of benzene rings is 1. The highest BCUT2D eigenvalue weighted by molar-refractivity contribution is 7.99. The van der Waals surface area contributed by atoms with Crippen molar-refractivity contribution in [3.05, 3.63) is 36.0 Å². The second-order valence-electron chi connectivity index (χ2n) is 5.40. The van der Waals surface area contributed by atoms with Gasteiger partial charge in [-0.3, -0.25) is 4.79 Å². The van der Waals surface area contributed by atoms with Crippen molar-refractivity contribution in [2.24, 2.45) is 0 Å². The summed E-state index contributed by atoms with van der Waals surface area (Å²) in [7, 11) is 0. The molecule has 0 spiro atoms. The predicted octanol–water partition coefficient (Wildman–Crippen LogP) is 2.38. The Morgan fingerprint density at radius 2 is 2.17 bits per heavy atom. The van der Waals surface area contributed by atoms with Gasteiger partial charge in [-0.15, -0.1) is 5.10 Å². The Bertz CT molecular complexity index is 741. The number of aromatic nitrogens is 4. The fourth-order valence-electron chi connectivity index (χ4n) is 2.67. The van der Waals surface area contributed by atoms with Crippen molar-refractivity contribution in [2.45, 2.75) is 31.3 Å². The molecule has 8 heteroatoms. The number of amides is 1. The van der Waals surface area contributed by atoms with Crippen molar-refractivity contribution in [1.82, 2.24) is 25.1 Å². The molecule has 1 N–H and O–H groups in total. The minimum Gasteiger partial charge on any atom is -0.508 e. The molecule has 0 bridgehead atoms. The number of carbonyl (C=O) groups excluding carboxylic acids is 1. The lowest BCUT2D eigenvalue weighted by molar-refractivity contribution is -0.126. The number of phenols is 1. The summed E-state index contributed by atoms with van der Waals surface area (Å²) >= 11 is 1.31. The van der Waals surface area contributed by atoms with E-state index in [9.17, 15) is 9.90 Å². The molecule has 0 saturated heterocycles. The molecule has 0 atom stereocenters. The number of allylic oxidation sites excluding steroid dienone is 2. The Hall–Kier alpha value is -2.35. The lowest BCUT2D eigenvalue weighted by atomic mass is 10.3. The molecular formula is C16H19N5O2S. The molecule has 126 valence electrons. The number of aromatic hydroxyl groups is 1. The molecule has 2 aromatic rings. The van der Waals surface area contributed by atoms with Gasteiger partial charge in [-0.25, -0.2) is 0 Å². The van der Waals surface area contributed by atoms with Gasteiger partial charge in [-0.2, -0.15) is 4.68 Å². The maximum atomic E-state index is 12.5. The van der Waals surface area contributed by atoms with Crippen LogP contribution in [-0.4, -0.2) is 48.4 Å². The average molecular weight is 345 g/mol. The smallest absolute Gasteiger partial charge is 0.237 e. The minimum absolute atomic E-state index is 0.0657. The molecule has 3 rings (SSSR count). The molecule has 0 saturated carbocycles. The van der Waals surface area contributed by atoms with Gasteiger partial charge in [-0.1, -0.05) is 17.8 Å². The molecule has 0 radical (unpaired) electrons. The first-order valence-electron chi connectivity index (χ1n) is 7.89. The first-order chi connectivity index (χ1) is 11.7. The Balaban J connectivity index is 1.68. The van der Waals surface area contributed by atoms with Crippen LogP contribution >= 0.6 is 11.8 Å². The predicted molar refractivity (Wildman–Crippen MR) is 90.9 cm³/mol. The maximum absolute atomic E-state index is 12.5. The van der Waals surface area contributed by atoms with Crippen molar-refractivity contribution < 1.29 is 9.90 Å². The van der Waals surface area contributed by atoms with E-state index in [1.54, 1.807) is 28.9 Å². The number of carbonyl (C=O) groups is 1. The van der Waals surface area contributed by atoms with Gasteiger partial charge in [0.05, 0.1) is 11.4 Å². The molecule has 7 nitrogen and oxygen atoms in total. The topological polar surface area (TPSA) is 84.1 Å². The summed E-state index contributed by atoms with van der Waals surface area (Å²) in [4.78, 5) is 14.3. The SMILES string of the molecule is CCN(C(=O)CSc1nnnn1-c1ccc(O)cc1)C1=CCCC1. The Morgan fingerprint density at radius 1 is 1.38 bits per heavy atom. The van der Waals surface area contributed by atoms with Crippen LogP contribution in [0.1, 0.15) is 26.2 Å². The number of phenolic OH excluding ortho intramolecular Hbond substituents is 1. The van der Waals surface area contributed by atoms with E-state index in [0.717, 1.165) is 30.6 Å². The van der Waals surface area contributed by atoms with Crippen molar-refractivity contribution in [2.75, 3.05) is 12.3 Å². The normalized spacial score (nSPS) is 13.8. The van der Waals surface area contributed by atoms with Crippen LogP contribution in [0.25, 0.3) is 5.69 Å². The highest BCUT2D eigenvalue weighted by Gasteiger charge is 2.20. The molecular weight excluding hydrogens is 326 g/mol. The highest BCUT2D eigenvalue weighted by Crippen LogP contribution is 2.24. The van der Waals surface area contributed by atoms with Gasteiger partial charge in [0.2, 0.25) is 11.1 Å². The number of thioether (sulfide) groups is 1. The van der Waals surface area contributed by atoms with E-state index in [0.29, 0.717) is 11.7 Å². The third-order valence-electron chi connectivity index (χ3n) is 3.84. The van der Waals surface area contributed by atoms with E-state index in [2.05, 4.69) is 21.6 Å². The van der Waals surface area contributed by atoms with E-state index in [1.165, 1.54) is 11.8 Å². The largest absolute Gasteiger partial charge is 0.508 e. The van der Waals surface area contributed by atoms with Crippen LogP contribution < -0.4 is 0 Å². The standard InChI is InChI=1S/C16H19N5O2S/c1-2-20(12-5-3-4-6-12)15(23)11-24-16-17-18-19-21(16)13-7-9-14(22)10-8-13/h5,7-10,22H,2-4,6,11H2,1H3. The Labute approximate surface area is 144 Å². The minimum atomic E-state index is 0.0657. The number of nitrogens with zero attached hydrogens (tertiary/aromatic N) is 5. The van der Waals surface area contributed by atoms with Gasteiger partial charge in [0, 0.05) is 12.2 Å². The summed E-state index contributed by atoms with van der Waals surface area (Å²) in [5.41, 5.74) is 1.86. The maximum Gasteiger partial charge on any atom is 0.237 e. The van der Waals surface area contributed by atoms with E-state index < -0.39 is 0 Å². The van der Waals surface area contributed by atoms with Crippen LogP contribution in [0.3, 0.4) is 0 Å². The van der Waals surface area contributed by atoms with Gasteiger partial charge in [0.15, 0.2) is 0 Å². The molecule has 1 amide bonds. The number of hydrogen-bond acceptors (Lipinski definition) is 6. The van der Waals surface area contributed by atoms with E-state index in [4.69, 9.17) is 0 Å². The van der Waals surface area contributed by atoms with Crippen LogP contribution in [-0.2, 0) is 4.79 Å². The van der Waals surface area contributed by atoms with Crippen LogP contribution in [0.15, 0.2) is 41.2 Å². The van der Waals surface area contributed by atoms with Gasteiger partial charge in [0.25, 0.3) is 0 Å². The summed E-state index contributed by atoms with van der Waals surface area (Å²) in [6.07, 6.45) is 5.28. The monoisotopic (exact) mass is 345 g/mol. The fraction of sp³-hybridized carbons (Fsp3) is 0.375. The van der Waals surface area contributed by atoms with Gasteiger partial charge < -0.3 is 10.0 Å². The van der Waals surface area contributed by atoms with E-state index >= 15 is 0 Å². The quantitative estimate of drug-likeness (QED) is 0.809. The van der Waals surface area contributed by atoms with Gasteiger partial charge >= 0.3 is 0 Å². The summed E-state index contributed by atoms with van der Waals surface area (Å²) in [5.74, 6) is 0.527. The summed E-state index contributed by atoms with van der Waals surface area (Å²) in [6, 6.07) is 6.59. The van der Waals surface area contributed by atoms with Crippen LogP contribution in [0, 0.1) is 0 Å². The zero-order chi connectivity index (χ0) is 16.9. The van der Waals surface area contributed by atoms with Crippen LogP contribution in [0.5, 0.6) is 5.75 Å². The summed E-state index contributed by atoms with van der Waals surface area (Å²) in [5, 5.41) is 21.5. The molecule has 0 aliphatic heterocycles. The lowest BCUT2D eigenvalue weighted by Gasteiger charge is -2.21. The van der Waals surface area contributed by atoms with Crippen molar-refractivity contribution in [3.63, 3.8) is 0 Å². The van der Waals surface area contributed by atoms with E-state index in [1.807, 2.05) is 11.8 Å². The molecule has 0 fully saturated rings. The third kappa shape index (κ3) is 3.59. The van der Waals surface area contributed by atoms with Crippen LogP contribution in [0.2, 0.25) is 0 Å². The van der Waals surface area contributed by atoms with Crippen molar-refractivity contribution in [1.29, 1.82) is 0 Å². The zero-order valence-corrected chi connectivity index (χ0v) is 14.2. The average Bonchev–Trinajstić information content (AvgIpc) is 3.26. The third-order valence-corrected chi connectivity index (χ3v) is 4.74. The number of rotatable bonds is 6. The first kappa shape index (κ1) is 16.5.